The van der Waals surface area contributed by atoms with E-state index in [1.807, 2.05) is 19.1 Å². The SMILES string of the molecule is Cc1ccc(NS(=O)(=O)c2ccc(C)c(C(=O)Nc3ccncc3)c2)cc1. The summed E-state index contributed by atoms with van der Waals surface area (Å²) >= 11 is 0. The van der Waals surface area contributed by atoms with E-state index in [2.05, 4.69) is 15.0 Å². The maximum Gasteiger partial charge on any atom is 0.261 e. The van der Waals surface area contributed by atoms with Crippen molar-refractivity contribution >= 4 is 27.3 Å². The molecule has 2 aromatic carbocycles. The third-order valence-electron chi connectivity index (χ3n) is 4.01. The zero-order valence-electron chi connectivity index (χ0n) is 14.9. The molecule has 27 heavy (non-hydrogen) atoms. The fourth-order valence-corrected chi connectivity index (χ4v) is 3.57. The van der Waals surface area contributed by atoms with Crippen molar-refractivity contribution in [3.63, 3.8) is 0 Å². The summed E-state index contributed by atoms with van der Waals surface area (Å²) in [5.74, 6) is -0.383. The monoisotopic (exact) mass is 381 g/mol. The Hall–Kier alpha value is -3.19. The van der Waals surface area contributed by atoms with Crippen molar-refractivity contribution in [1.82, 2.24) is 4.98 Å². The molecule has 2 N–H and O–H groups in total. The molecule has 3 rings (SSSR count). The molecule has 0 unspecified atom stereocenters. The van der Waals surface area contributed by atoms with Crippen LogP contribution in [0.2, 0.25) is 0 Å². The first-order valence-electron chi connectivity index (χ1n) is 8.27. The molecule has 0 aliphatic rings. The lowest BCUT2D eigenvalue weighted by molar-refractivity contribution is 0.102. The smallest absolute Gasteiger partial charge is 0.261 e. The molecule has 1 heterocycles. The van der Waals surface area contributed by atoms with E-state index in [9.17, 15) is 13.2 Å². The quantitative estimate of drug-likeness (QED) is 0.704. The zero-order valence-corrected chi connectivity index (χ0v) is 15.7. The number of carbonyl (C=O) groups excluding carboxylic acids is 1. The number of nitrogens with zero attached hydrogens (tertiary/aromatic N) is 1. The number of amides is 1. The van der Waals surface area contributed by atoms with Gasteiger partial charge in [0.2, 0.25) is 0 Å². The van der Waals surface area contributed by atoms with Gasteiger partial charge in [-0.05, 0) is 55.8 Å². The molecule has 0 atom stereocenters. The van der Waals surface area contributed by atoms with Gasteiger partial charge in [-0.15, -0.1) is 0 Å². The average molecular weight is 381 g/mol. The van der Waals surface area contributed by atoms with Gasteiger partial charge in [0.15, 0.2) is 0 Å². The molecule has 0 saturated carbocycles. The Morgan fingerprint density at radius 1 is 0.889 bits per heavy atom. The van der Waals surface area contributed by atoms with E-state index in [4.69, 9.17) is 0 Å². The topological polar surface area (TPSA) is 88.2 Å². The van der Waals surface area contributed by atoms with E-state index in [-0.39, 0.29) is 10.8 Å². The van der Waals surface area contributed by atoms with Gasteiger partial charge in [-0.25, -0.2) is 8.42 Å². The molecule has 0 aliphatic heterocycles. The number of benzene rings is 2. The van der Waals surface area contributed by atoms with Crippen molar-refractivity contribution < 1.29 is 13.2 Å². The highest BCUT2D eigenvalue weighted by Crippen LogP contribution is 2.20. The van der Waals surface area contributed by atoms with Crippen LogP contribution >= 0.6 is 0 Å². The van der Waals surface area contributed by atoms with Crippen LogP contribution in [0.1, 0.15) is 21.5 Å². The number of aromatic nitrogens is 1. The predicted octanol–water partition coefficient (Wildman–Crippen LogP) is 3.75. The molecule has 0 fully saturated rings. The summed E-state index contributed by atoms with van der Waals surface area (Å²) in [5.41, 5.74) is 3.04. The maximum atomic E-state index is 12.7. The van der Waals surface area contributed by atoms with E-state index in [1.54, 1.807) is 49.6 Å². The van der Waals surface area contributed by atoms with Crippen LogP contribution in [0.3, 0.4) is 0 Å². The van der Waals surface area contributed by atoms with Crippen molar-refractivity contribution in [2.24, 2.45) is 0 Å². The van der Waals surface area contributed by atoms with Gasteiger partial charge in [0.05, 0.1) is 4.90 Å². The lowest BCUT2D eigenvalue weighted by Gasteiger charge is -2.12. The number of sulfonamides is 1. The average Bonchev–Trinajstić information content (AvgIpc) is 2.64. The number of hydrogen-bond donors (Lipinski definition) is 2. The number of carbonyl (C=O) groups is 1. The van der Waals surface area contributed by atoms with Crippen molar-refractivity contribution in [2.45, 2.75) is 18.7 Å². The molecule has 7 heteroatoms. The highest BCUT2D eigenvalue weighted by atomic mass is 32.2. The summed E-state index contributed by atoms with van der Waals surface area (Å²) in [4.78, 5) is 16.5. The van der Waals surface area contributed by atoms with Crippen molar-refractivity contribution in [3.8, 4) is 0 Å². The number of rotatable bonds is 5. The first kappa shape index (κ1) is 18.6. The lowest BCUT2D eigenvalue weighted by Crippen LogP contribution is -2.17. The summed E-state index contributed by atoms with van der Waals surface area (Å²) in [7, 11) is -3.81. The van der Waals surface area contributed by atoms with E-state index in [0.29, 0.717) is 22.5 Å². The number of pyridine rings is 1. The molecule has 0 bridgehead atoms. The van der Waals surface area contributed by atoms with Crippen molar-refractivity contribution in [2.75, 3.05) is 10.0 Å². The summed E-state index contributed by atoms with van der Waals surface area (Å²) in [6.07, 6.45) is 3.13. The second kappa shape index (κ2) is 7.59. The van der Waals surface area contributed by atoms with Gasteiger partial charge in [-0.1, -0.05) is 23.8 Å². The molecule has 0 aliphatic carbocycles. The number of aryl methyl sites for hydroxylation is 2. The van der Waals surface area contributed by atoms with Gasteiger partial charge in [0, 0.05) is 29.3 Å². The normalized spacial score (nSPS) is 11.0. The second-order valence-corrected chi connectivity index (χ2v) is 7.82. The van der Waals surface area contributed by atoms with Crippen LogP contribution < -0.4 is 10.0 Å². The van der Waals surface area contributed by atoms with Gasteiger partial charge >= 0.3 is 0 Å². The Labute approximate surface area is 158 Å². The van der Waals surface area contributed by atoms with Crippen molar-refractivity contribution in [1.29, 1.82) is 0 Å². The van der Waals surface area contributed by atoms with Gasteiger partial charge in [0.25, 0.3) is 15.9 Å². The van der Waals surface area contributed by atoms with Crippen LogP contribution in [0, 0.1) is 13.8 Å². The van der Waals surface area contributed by atoms with E-state index in [0.717, 1.165) is 5.56 Å². The first-order chi connectivity index (χ1) is 12.8. The van der Waals surface area contributed by atoms with Gasteiger partial charge < -0.3 is 5.32 Å². The standard InChI is InChI=1S/C20H19N3O3S/c1-14-3-6-17(7-4-14)23-27(25,26)18-8-5-15(2)19(13-18)20(24)22-16-9-11-21-12-10-16/h3-13,23H,1-2H3,(H,21,22,24). The fraction of sp³-hybridized carbons (Fsp3) is 0.100. The van der Waals surface area contributed by atoms with Crippen LogP contribution in [-0.4, -0.2) is 19.3 Å². The molecule has 3 aromatic rings. The van der Waals surface area contributed by atoms with Gasteiger partial charge in [0.1, 0.15) is 0 Å². The Morgan fingerprint density at radius 3 is 2.22 bits per heavy atom. The van der Waals surface area contributed by atoms with E-state index in [1.165, 1.54) is 12.1 Å². The van der Waals surface area contributed by atoms with Gasteiger partial charge in [-0.2, -0.15) is 0 Å². The molecule has 6 nitrogen and oxygen atoms in total. The zero-order chi connectivity index (χ0) is 19.4. The Morgan fingerprint density at radius 2 is 1.56 bits per heavy atom. The minimum Gasteiger partial charge on any atom is -0.322 e. The Bertz CT molecular complexity index is 1060. The van der Waals surface area contributed by atoms with Gasteiger partial charge in [-0.3, -0.25) is 14.5 Å². The third-order valence-corrected chi connectivity index (χ3v) is 5.38. The number of hydrogen-bond acceptors (Lipinski definition) is 4. The highest BCUT2D eigenvalue weighted by Gasteiger charge is 2.18. The van der Waals surface area contributed by atoms with Crippen LogP contribution in [0.15, 0.2) is 71.9 Å². The molecule has 0 saturated heterocycles. The van der Waals surface area contributed by atoms with Crippen LogP contribution in [0.25, 0.3) is 0 Å². The predicted molar refractivity (Wildman–Crippen MR) is 105 cm³/mol. The minimum absolute atomic E-state index is 0.0218. The molecular formula is C20H19N3O3S. The molecule has 1 aromatic heterocycles. The Kier molecular flexibility index (Phi) is 5.23. The summed E-state index contributed by atoms with van der Waals surface area (Å²) in [5, 5.41) is 2.74. The molecule has 0 spiro atoms. The second-order valence-electron chi connectivity index (χ2n) is 6.14. The highest BCUT2D eigenvalue weighted by molar-refractivity contribution is 7.92. The molecule has 1 amide bonds. The summed E-state index contributed by atoms with van der Waals surface area (Å²) in [6.45, 7) is 3.68. The third kappa shape index (κ3) is 4.51. The van der Waals surface area contributed by atoms with Crippen LogP contribution in [0.4, 0.5) is 11.4 Å². The largest absolute Gasteiger partial charge is 0.322 e. The Balaban J connectivity index is 1.87. The van der Waals surface area contributed by atoms with Crippen molar-refractivity contribution in [3.05, 3.63) is 83.7 Å². The first-order valence-corrected chi connectivity index (χ1v) is 9.75. The van der Waals surface area contributed by atoms with E-state index >= 15 is 0 Å². The number of anilines is 2. The summed E-state index contributed by atoms with van der Waals surface area (Å²) < 4.78 is 27.9. The minimum atomic E-state index is -3.81. The molecule has 0 radical (unpaired) electrons. The fourth-order valence-electron chi connectivity index (χ4n) is 2.48. The number of nitrogens with one attached hydrogen (secondary N) is 2. The molecule has 138 valence electrons. The van der Waals surface area contributed by atoms with Crippen LogP contribution in [-0.2, 0) is 10.0 Å². The molecular weight excluding hydrogens is 362 g/mol. The van der Waals surface area contributed by atoms with E-state index < -0.39 is 10.0 Å². The summed E-state index contributed by atoms with van der Waals surface area (Å²) in [6, 6.07) is 14.8. The maximum absolute atomic E-state index is 12.7. The lowest BCUT2D eigenvalue weighted by atomic mass is 10.1. The van der Waals surface area contributed by atoms with Crippen LogP contribution in [0.5, 0.6) is 0 Å².